The Morgan fingerprint density at radius 3 is 2.48 bits per heavy atom. The van der Waals surface area contributed by atoms with Gasteiger partial charge in [0.05, 0.1) is 5.37 Å². The number of carbonyl (C=O) groups excluding carboxylic acids is 1. The number of thioether (sulfide) groups is 1. The second-order valence-electron chi connectivity index (χ2n) is 6.28. The number of aliphatic imine (C=N–C) groups is 1. The molecule has 2 heterocycles. The molecule has 0 unspecified atom stereocenters. The number of likely N-dealkylation sites (tertiary alicyclic amines) is 1. The molecule has 1 fully saturated rings. The molecule has 25 heavy (non-hydrogen) atoms. The largest absolute Gasteiger partial charge is 0.471 e. The monoisotopic (exact) mass is 352 g/mol. The number of hydrogen-bond donors (Lipinski definition) is 0. The van der Waals surface area contributed by atoms with Crippen LogP contribution in [0, 0.1) is 0 Å². The van der Waals surface area contributed by atoms with Gasteiger partial charge in [0.25, 0.3) is 5.91 Å². The van der Waals surface area contributed by atoms with Gasteiger partial charge in [0.15, 0.2) is 6.04 Å². The van der Waals surface area contributed by atoms with Crippen molar-refractivity contribution in [3.63, 3.8) is 0 Å². The Labute approximate surface area is 151 Å². The van der Waals surface area contributed by atoms with E-state index in [4.69, 9.17) is 4.74 Å². The van der Waals surface area contributed by atoms with Crippen LogP contribution in [0.1, 0.15) is 17.5 Å². The molecule has 4 rings (SSSR count). The summed E-state index contributed by atoms with van der Waals surface area (Å²) >= 11 is 1.70. The zero-order valence-corrected chi connectivity index (χ0v) is 14.9. The van der Waals surface area contributed by atoms with Gasteiger partial charge in [-0.3, -0.25) is 4.79 Å². The van der Waals surface area contributed by atoms with E-state index in [1.807, 2.05) is 59.7 Å². The Hall–Kier alpha value is -2.27. The van der Waals surface area contributed by atoms with Crippen LogP contribution in [0.4, 0.5) is 0 Å². The lowest BCUT2D eigenvalue weighted by molar-refractivity contribution is -0.139. The first kappa shape index (κ1) is 16.2. The smallest absolute Gasteiger partial charge is 0.252 e. The van der Waals surface area contributed by atoms with Crippen molar-refractivity contribution in [1.29, 1.82) is 0 Å². The molecule has 0 N–H and O–H groups in total. The van der Waals surface area contributed by atoms with Gasteiger partial charge in [-0.25, -0.2) is 4.99 Å². The average Bonchev–Trinajstić information content (AvgIpc) is 3.10. The summed E-state index contributed by atoms with van der Waals surface area (Å²) < 4.78 is 6.04. The van der Waals surface area contributed by atoms with E-state index in [9.17, 15) is 4.79 Å². The van der Waals surface area contributed by atoms with E-state index in [0.29, 0.717) is 12.4 Å². The van der Waals surface area contributed by atoms with E-state index >= 15 is 0 Å². The van der Waals surface area contributed by atoms with E-state index in [0.717, 1.165) is 17.5 Å². The molecule has 5 heteroatoms. The standard InChI is InChI=1S/C20H20N2O2S/c1-25-17-12-16-18(21-19(24-16)15-10-6-3-7-11-15)20(23)22(17)13-14-8-4-2-5-9-14/h2-11,16-18H,12-13H2,1H3/t16-,17+,18-/m1/s1. The first-order valence-electron chi connectivity index (χ1n) is 8.43. The summed E-state index contributed by atoms with van der Waals surface area (Å²) in [6.07, 6.45) is 2.68. The molecular weight excluding hydrogens is 332 g/mol. The third-order valence-electron chi connectivity index (χ3n) is 4.68. The number of fused-ring (bicyclic) bond motifs is 1. The maximum Gasteiger partial charge on any atom is 0.252 e. The van der Waals surface area contributed by atoms with Gasteiger partial charge in [-0.05, 0) is 24.0 Å². The fourth-order valence-corrected chi connectivity index (χ4v) is 4.20. The number of amides is 1. The fraction of sp³-hybridized carbons (Fsp3) is 0.300. The van der Waals surface area contributed by atoms with Crippen LogP contribution in [0.3, 0.4) is 0 Å². The van der Waals surface area contributed by atoms with E-state index in [1.165, 1.54) is 0 Å². The summed E-state index contributed by atoms with van der Waals surface area (Å²) in [5, 5.41) is 0.110. The van der Waals surface area contributed by atoms with Crippen LogP contribution in [0.5, 0.6) is 0 Å². The van der Waals surface area contributed by atoms with Crippen LogP contribution >= 0.6 is 11.8 Å². The second-order valence-corrected chi connectivity index (χ2v) is 7.29. The number of nitrogens with zero attached hydrogens (tertiary/aromatic N) is 2. The van der Waals surface area contributed by atoms with Crippen LogP contribution in [0.2, 0.25) is 0 Å². The quantitative estimate of drug-likeness (QED) is 0.848. The van der Waals surface area contributed by atoms with E-state index < -0.39 is 6.04 Å². The Balaban J connectivity index is 1.59. The van der Waals surface area contributed by atoms with Gasteiger partial charge in [-0.1, -0.05) is 48.5 Å². The third kappa shape index (κ3) is 3.16. The maximum absolute atomic E-state index is 13.1. The predicted molar refractivity (Wildman–Crippen MR) is 101 cm³/mol. The summed E-state index contributed by atoms with van der Waals surface area (Å²) in [6.45, 7) is 0.616. The molecule has 3 atom stereocenters. The lowest BCUT2D eigenvalue weighted by atomic mass is 10.0. The van der Waals surface area contributed by atoms with E-state index in [2.05, 4.69) is 17.1 Å². The zero-order valence-electron chi connectivity index (χ0n) is 14.0. The Morgan fingerprint density at radius 1 is 1.12 bits per heavy atom. The van der Waals surface area contributed by atoms with Crippen LogP contribution in [-0.2, 0) is 16.1 Å². The van der Waals surface area contributed by atoms with Crippen LogP contribution in [0.25, 0.3) is 0 Å². The van der Waals surface area contributed by atoms with Crippen molar-refractivity contribution in [3.05, 3.63) is 71.8 Å². The molecular formula is C20H20N2O2S. The highest BCUT2D eigenvalue weighted by Crippen LogP contribution is 2.34. The molecule has 2 aromatic rings. The summed E-state index contributed by atoms with van der Waals surface area (Å²) in [5.74, 6) is 0.649. The van der Waals surface area contributed by atoms with Crippen molar-refractivity contribution in [3.8, 4) is 0 Å². The highest BCUT2D eigenvalue weighted by atomic mass is 32.2. The molecule has 2 aromatic carbocycles. The number of ether oxygens (including phenoxy) is 1. The van der Waals surface area contributed by atoms with Gasteiger partial charge >= 0.3 is 0 Å². The van der Waals surface area contributed by atoms with Gasteiger partial charge in [-0.2, -0.15) is 0 Å². The number of hydrogen-bond acceptors (Lipinski definition) is 4. The number of rotatable bonds is 4. The Morgan fingerprint density at radius 2 is 1.80 bits per heavy atom. The van der Waals surface area contributed by atoms with E-state index in [1.54, 1.807) is 11.8 Å². The summed E-state index contributed by atoms with van der Waals surface area (Å²) in [4.78, 5) is 19.6. The van der Waals surface area contributed by atoms with Gasteiger partial charge in [0, 0.05) is 18.5 Å². The van der Waals surface area contributed by atoms with Crippen LogP contribution < -0.4 is 0 Å². The molecule has 1 amide bonds. The van der Waals surface area contributed by atoms with Gasteiger partial charge < -0.3 is 9.64 Å². The molecule has 4 nitrogen and oxygen atoms in total. The normalized spacial score (nSPS) is 25.3. The van der Waals surface area contributed by atoms with Crippen molar-refractivity contribution in [2.45, 2.75) is 30.5 Å². The minimum Gasteiger partial charge on any atom is -0.471 e. The molecule has 2 aliphatic rings. The van der Waals surface area contributed by atoms with Gasteiger partial charge in [0.1, 0.15) is 6.10 Å². The predicted octanol–water partition coefficient (Wildman–Crippen LogP) is 3.32. The van der Waals surface area contributed by atoms with Crippen molar-refractivity contribution in [2.24, 2.45) is 4.99 Å². The highest BCUT2D eigenvalue weighted by molar-refractivity contribution is 7.99. The third-order valence-corrected chi connectivity index (χ3v) is 5.67. The van der Waals surface area contributed by atoms with E-state index in [-0.39, 0.29) is 17.4 Å². The van der Waals surface area contributed by atoms with Crippen LogP contribution in [0.15, 0.2) is 65.7 Å². The number of piperidine rings is 1. The van der Waals surface area contributed by atoms with Gasteiger partial charge in [-0.15, -0.1) is 11.8 Å². The molecule has 0 radical (unpaired) electrons. The first-order chi connectivity index (χ1) is 12.3. The number of benzene rings is 2. The lowest BCUT2D eigenvalue weighted by Gasteiger charge is -2.38. The van der Waals surface area contributed by atoms with Crippen molar-refractivity contribution in [1.82, 2.24) is 4.90 Å². The molecule has 1 saturated heterocycles. The average molecular weight is 352 g/mol. The summed E-state index contributed by atoms with van der Waals surface area (Å²) in [7, 11) is 0. The molecule has 0 bridgehead atoms. The Bertz CT molecular complexity index is 779. The topological polar surface area (TPSA) is 41.9 Å². The van der Waals surface area contributed by atoms with Crippen molar-refractivity contribution in [2.75, 3.05) is 6.26 Å². The zero-order chi connectivity index (χ0) is 17.2. The summed E-state index contributed by atoms with van der Waals surface area (Å²) in [6, 6.07) is 19.5. The first-order valence-corrected chi connectivity index (χ1v) is 9.72. The second kappa shape index (κ2) is 6.92. The molecule has 0 spiro atoms. The molecule has 0 aliphatic carbocycles. The summed E-state index contributed by atoms with van der Waals surface area (Å²) in [5.41, 5.74) is 2.07. The molecule has 128 valence electrons. The van der Waals surface area contributed by atoms with Crippen LogP contribution in [-0.4, -0.2) is 40.5 Å². The Kier molecular flexibility index (Phi) is 4.49. The molecule has 0 aromatic heterocycles. The SMILES string of the molecule is CS[C@H]1C[C@H]2OC(c3ccccc3)=N[C@H]2C(=O)N1Cc1ccccc1. The molecule has 2 aliphatic heterocycles. The van der Waals surface area contributed by atoms with Crippen molar-refractivity contribution >= 4 is 23.6 Å². The fourth-order valence-electron chi connectivity index (χ4n) is 3.38. The lowest BCUT2D eigenvalue weighted by Crippen LogP contribution is -2.53. The maximum atomic E-state index is 13.1. The molecule has 0 saturated carbocycles. The minimum absolute atomic E-state index is 0.0605. The number of carbonyl (C=O) groups is 1. The van der Waals surface area contributed by atoms with Crippen molar-refractivity contribution < 1.29 is 9.53 Å². The van der Waals surface area contributed by atoms with Gasteiger partial charge in [0.2, 0.25) is 5.90 Å². The minimum atomic E-state index is -0.428. The highest BCUT2D eigenvalue weighted by Gasteiger charge is 2.46.